The summed E-state index contributed by atoms with van der Waals surface area (Å²) in [6.07, 6.45) is -2.06. The number of hydrogen-bond acceptors (Lipinski definition) is 4. The quantitative estimate of drug-likeness (QED) is 0.682. The zero-order valence-corrected chi connectivity index (χ0v) is 16.6. The van der Waals surface area contributed by atoms with Gasteiger partial charge in [-0.25, -0.2) is 9.18 Å². The number of rotatable bonds is 7. The Labute approximate surface area is 149 Å². The Hall–Kier alpha value is -1.23. The molecule has 7 heteroatoms. The van der Waals surface area contributed by atoms with Gasteiger partial charge in [0, 0.05) is 6.42 Å². The molecular weight excluding hydrogens is 346 g/mol. The van der Waals surface area contributed by atoms with Crippen LogP contribution in [0.3, 0.4) is 0 Å². The van der Waals surface area contributed by atoms with Crippen LogP contribution in [-0.4, -0.2) is 28.4 Å². The van der Waals surface area contributed by atoms with Gasteiger partial charge in [0.15, 0.2) is 0 Å². The van der Waals surface area contributed by atoms with Crippen molar-refractivity contribution in [3.8, 4) is 0 Å². The monoisotopic (exact) mass is 374 g/mol. The van der Waals surface area contributed by atoms with Crippen LogP contribution < -0.4 is 0 Å². The average Bonchev–Trinajstić information content (AvgIpc) is 2.35. The summed E-state index contributed by atoms with van der Waals surface area (Å²) in [4.78, 5) is 10.6. The van der Waals surface area contributed by atoms with Crippen LogP contribution >= 0.6 is 7.60 Å². The van der Waals surface area contributed by atoms with Crippen LogP contribution in [0.25, 0.3) is 0 Å². The first kappa shape index (κ1) is 21.8. The van der Waals surface area contributed by atoms with E-state index in [4.69, 9.17) is 14.2 Å². The van der Waals surface area contributed by atoms with E-state index in [0.717, 1.165) is 0 Å². The van der Waals surface area contributed by atoms with Crippen molar-refractivity contribution >= 4 is 13.6 Å². The third kappa shape index (κ3) is 8.61. The fourth-order valence-corrected chi connectivity index (χ4v) is 4.71. The summed E-state index contributed by atoms with van der Waals surface area (Å²) in [5.74, 6) is -1.48. The Morgan fingerprint density at radius 2 is 1.44 bits per heavy atom. The normalized spacial score (nSPS) is 14.4. The van der Waals surface area contributed by atoms with Crippen molar-refractivity contribution in [3.05, 3.63) is 35.4 Å². The molecule has 1 aromatic carbocycles. The summed E-state index contributed by atoms with van der Waals surface area (Å²) < 4.78 is 37.9. The second-order valence-corrected chi connectivity index (χ2v) is 9.91. The van der Waals surface area contributed by atoms with Crippen LogP contribution in [0.15, 0.2) is 24.3 Å². The molecule has 0 saturated carbocycles. The highest BCUT2D eigenvalue weighted by atomic mass is 31.2. The van der Waals surface area contributed by atoms with E-state index in [1.54, 1.807) is 24.3 Å². The molecular formula is C18H28FO5P. The van der Waals surface area contributed by atoms with Crippen molar-refractivity contribution in [2.75, 3.05) is 0 Å². The third-order valence-corrected chi connectivity index (χ3v) is 5.31. The second-order valence-electron chi connectivity index (χ2n) is 8.00. The molecule has 1 aromatic rings. The van der Waals surface area contributed by atoms with Gasteiger partial charge in [-0.2, -0.15) is 0 Å². The largest absolute Gasteiger partial charge is 0.479 e. The Bertz CT molecular complexity index is 608. The van der Waals surface area contributed by atoms with Gasteiger partial charge in [-0.3, -0.25) is 4.57 Å². The van der Waals surface area contributed by atoms with Crippen LogP contribution in [0.5, 0.6) is 0 Å². The Morgan fingerprint density at radius 3 is 1.80 bits per heavy atom. The fourth-order valence-electron chi connectivity index (χ4n) is 2.22. The van der Waals surface area contributed by atoms with E-state index < -0.39 is 30.9 Å². The summed E-state index contributed by atoms with van der Waals surface area (Å²) in [5.41, 5.74) is 0.00103. The van der Waals surface area contributed by atoms with Gasteiger partial charge in [0.2, 0.25) is 6.17 Å². The standard InChI is InChI=1S/C18H28FO5P/c1-17(2,3)23-25(22,24-18(4,5)6)12-14-9-7-13(8-10-14)11-15(19)16(20)21/h7-10,15H,11-12H2,1-6H3,(H,20,21)/t15-/m0/s1. The van der Waals surface area contributed by atoms with Gasteiger partial charge in [0.1, 0.15) is 0 Å². The highest BCUT2D eigenvalue weighted by Crippen LogP contribution is 2.56. The topological polar surface area (TPSA) is 72.8 Å². The third-order valence-electron chi connectivity index (χ3n) is 2.91. The lowest BCUT2D eigenvalue weighted by molar-refractivity contribution is -0.142. The van der Waals surface area contributed by atoms with Gasteiger partial charge in [-0.05, 0) is 52.7 Å². The zero-order valence-electron chi connectivity index (χ0n) is 15.7. The van der Waals surface area contributed by atoms with Crippen molar-refractivity contribution in [1.29, 1.82) is 0 Å². The summed E-state index contributed by atoms with van der Waals surface area (Å²) in [6.45, 7) is 10.8. The average molecular weight is 374 g/mol. The predicted molar refractivity (Wildman–Crippen MR) is 95.7 cm³/mol. The minimum Gasteiger partial charge on any atom is -0.479 e. The van der Waals surface area contributed by atoms with Gasteiger partial charge in [0.05, 0.1) is 17.4 Å². The molecule has 0 saturated heterocycles. The molecule has 25 heavy (non-hydrogen) atoms. The molecule has 0 heterocycles. The lowest BCUT2D eigenvalue weighted by Gasteiger charge is -2.32. The van der Waals surface area contributed by atoms with E-state index in [0.29, 0.717) is 11.1 Å². The smallest absolute Gasteiger partial charge is 0.338 e. The lowest BCUT2D eigenvalue weighted by atomic mass is 10.1. The van der Waals surface area contributed by atoms with Crippen molar-refractivity contribution in [1.82, 2.24) is 0 Å². The molecule has 0 unspecified atom stereocenters. The summed E-state index contributed by atoms with van der Waals surface area (Å²) in [6, 6.07) is 6.63. The van der Waals surface area contributed by atoms with E-state index in [1.807, 2.05) is 41.5 Å². The molecule has 1 atom stereocenters. The number of alkyl halides is 1. The number of carboxylic acids is 1. The molecule has 0 spiro atoms. The molecule has 0 amide bonds. The van der Waals surface area contributed by atoms with E-state index in [9.17, 15) is 13.8 Å². The van der Waals surface area contributed by atoms with Crippen LogP contribution in [0.1, 0.15) is 52.7 Å². The van der Waals surface area contributed by atoms with Crippen molar-refractivity contribution in [2.45, 2.75) is 71.5 Å². The number of carbonyl (C=O) groups is 1. The minimum absolute atomic E-state index is 0.0831. The molecule has 1 rings (SSSR count). The maximum atomic E-state index is 13.3. The van der Waals surface area contributed by atoms with Gasteiger partial charge in [-0.15, -0.1) is 0 Å². The van der Waals surface area contributed by atoms with Crippen LogP contribution in [0, 0.1) is 0 Å². The first-order valence-electron chi connectivity index (χ1n) is 8.14. The number of hydrogen-bond donors (Lipinski definition) is 1. The molecule has 0 aromatic heterocycles. The molecule has 5 nitrogen and oxygen atoms in total. The van der Waals surface area contributed by atoms with Crippen LogP contribution in [0.4, 0.5) is 4.39 Å². The van der Waals surface area contributed by atoms with E-state index >= 15 is 0 Å². The summed E-state index contributed by atoms with van der Waals surface area (Å²) >= 11 is 0. The van der Waals surface area contributed by atoms with E-state index in [-0.39, 0.29) is 12.6 Å². The Morgan fingerprint density at radius 1 is 1.04 bits per heavy atom. The molecule has 0 aliphatic heterocycles. The van der Waals surface area contributed by atoms with Gasteiger partial charge >= 0.3 is 13.6 Å². The fraction of sp³-hybridized carbons (Fsp3) is 0.611. The van der Waals surface area contributed by atoms with Gasteiger partial charge < -0.3 is 14.2 Å². The molecule has 142 valence electrons. The van der Waals surface area contributed by atoms with Gasteiger partial charge in [0.25, 0.3) is 0 Å². The lowest BCUT2D eigenvalue weighted by Crippen LogP contribution is -2.24. The Balaban J connectivity index is 2.94. The second kappa shape index (κ2) is 7.98. The first-order chi connectivity index (χ1) is 11.2. The van der Waals surface area contributed by atoms with E-state index in [2.05, 4.69) is 0 Å². The molecule has 0 aliphatic rings. The molecule has 0 bridgehead atoms. The summed E-state index contributed by atoms with van der Waals surface area (Å²) in [5, 5.41) is 8.62. The first-order valence-corrected chi connectivity index (χ1v) is 9.87. The van der Waals surface area contributed by atoms with Crippen molar-refractivity contribution in [3.63, 3.8) is 0 Å². The highest BCUT2D eigenvalue weighted by molar-refractivity contribution is 7.53. The summed E-state index contributed by atoms with van der Waals surface area (Å²) in [7, 11) is -3.41. The SMILES string of the molecule is CC(C)(C)OP(=O)(Cc1ccc(C[C@H](F)C(=O)O)cc1)OC(C)(C)C. The van der Waals surface area contributed by atoms with Crippen LogP contribution in [0.2, 0.25) is 0 Å². The Kier molecular flexibility index (Phi) is 6.96. The maximum Gasteiger partial charge on any atom is 0.338 e. The van der Waals surface area contributed by atoms with Crippen molar-refractivity contribution < 1.29 is 27.9 Å². The van der Waals surface area contributed by atoms with Crippen molar-refractivity contribution in [2.24, 2.45) is 0 Å². The zero-order chi connectivity index (χ0) is 19.5. The molecule has 0 fully saturated rings. The van der Waals surface area contributed by atoms with Crippen LogP contribution in [-0.2, 0) is 31.0 Å². The minimum atomic E-state index is -3.41. The number of carboxylic acid groups (broad SMARTS) is 1. The number of aliphatic carboxylic acids is 1. The maximum absolute atomic E-state index is 13.3. The van der Waals surface area contributed by atoms with E-state index in [1.165, 1.54) is 0 Å². The highest BCUT2D eigenvalue weighted by Gasteiger charge is 2.35. The number of halogens is 1. The molecule has 1 N–H and O–H groups in total. The molecule has 0 aliphatic carbocycles. The molecule has 0 radical (unpaired) electrons. The number of benzene rings is 1. The predicted octanol–water partition coefficient (Wildman–Crippen LogP) is 4.98. The van der Waals surface area contributed by atoms with Gasteiger partial charge in [-0.1, -0.05) is 24.3 Å².